The Kier molecular flexibility index (Phi) is 7.47. The zero-order valence-corrected chi connectivity index (χ0v) is 19.5. The number of nitrogens with zero attached hydrogens (tertiary/aromatic N) is 2. The number of primary sulfonamides is 1. The lowest BCUT2D eigenvalue weighted by Crippen LogP contribution is -2.14. The molecule has 0 saturated heterocycles. The summed E-state index contributed by atoms with van der Waals surface area (Å²) in [6.45, 7) is 2.79. The highest BCUT2D eigenvalue weighted by Gasteiger charge is 2.16. The summed E-state index contributed by atoms with van der Waals surface area (Å²) in [6.07, 6.45) is 1.91. The van der Waals surface area contributed by atoms with E-state index in [1.54, 1.807) is 24.3 Å². The van der Waals surface area contributed by atoms with Crippen LogP contribution in [0.15, 0.2) is 46.5 Å². The number of aromatic nitrogens is 2. The van der Waals surface area contributed by atoms with Crippen LogP contribution >= 0.6 is 23.4 Å². The van der Waals surface area contributed by atoms with Crippen molar-refractivity contribution in [2.75, 3.05) is 18.2 Å². The van der Waals surface area contributed by atoms with Gasteiger partial charge in [0.05, 0.1) is 33.8 Å². The SMILES string of the molecule is CCCCn1c(SCC(=O)Nc2ccc(OC)c(Cl)c2)nc2cc(S(N)(=O)=O)ccc21. The van der Waals surface area contributed by atoms with Gasteiger partial charge in [-0.15, -0.1) is 0 Å². The molecule has 166 valence electrons. The van der Waals surface area contributed by atoms with Crippen molar-refractivity contribution in [2.24, 2.45) is 5.14 Å². The van der Waals surface area contributed by atoms with Crippen LogP contribution in [0.1, 0.15) is 19.8 Å². The van der Waals surface area contributed by atoms with Gasteiger partial charge in [0.2, 0.25) is 15.9 Å². The number of unbranched alkanes of at least 4 members (excludes halogenated alkanes) is 1. The van der Waals surface area contributed by atoms with Gasteiger partial charge < -0.3 is 14.6 Å². The second-order valence-corrected chi connectivity index (χ2v) is 9.69. The van der Waals surface area contributed by atoms with Crippen molar-refractivity contribution in [3.8, 4) is 5.75 Å². The minimum Gasteiger partial charge on any atom is -0.495 e. The van der Waals surface area contributed by atoms with Gasteiger partial charge in [-0.05, 0) is 42.8 Å². The molecule has 0 fully saturated rings. The fourth-order valence-electron chi connectivity index (χ4n) is 2.98. The summed E-state index contributed by atoms with van der Waals surface area (Å²) in [4.78, 5) is 17.0. The average Bonchev–Trinajstić information content (AvgIpc) is 3.07. The Morgan fingerprint density at radius 2 is 2.06 bits per heavy atom. The summed E-state index contributed by atoms with van der Waals surface area (Å²) >= 11 is 7.38. The van der Waals surface area contributed by atoms with Crippen LogP contribution in [-0.4, -0.2) is 36.7 Å². The number of carbonyl (C=O) groups is 1. The van der Waals surface area contributed by atoms with Crippen LogP contribution in [-0.2, 0) is 21.4 Å². The maximum absolute atomic E-state index is 12.4. The third-order valence-electron chi connectivity index (χ3n) is 4.52. The molecular formula is C20H23ClN4O4S2. The number of thioether (sulfide) groups is 1. The Bertz CT molecular complexity index is 1210. The number of ether oxygens (including phenoxy) is 1. The molecule has 3 rings (SSSR count). The van der Waals surface area contributed by atoms with Crippen LogP contribution in [0.5, 0.6) is 5.75 Å². The number of benzene rings is 2. The minimum absolute atomic E-state index is 0.00539. The van der Waals surface area contributed by atoms with Crippen molar-refractivity contribution in [2.45, 2.75) is 36.4 Å². The van der Waals surface area contributed by atoms with Gasteiger partial charge in [0.15, 0.2) is 5.16 Å². The van der Waals surface area contributed by atoms with Crippen molar-refractivity contribution < 1.29 is 17.9 Å². The van der Waals surface area contributed by atoms with Gasteiger partial charge >= 0.3 is 0 Å². The van der Waals surface area contributed by atoms with Crippen LogP contribution in [0.4, 0.5) is 5.69 Å². The minimum atomic E-state index is -3.82. The number of methoxy groups -OCH3 is 1. The smallest absolute Gasteiger partial charge is 0.238 e. The van der Waals surface area contributed by atoms with Gasteiger partial charge in [0, 0.05) is 12.2 Å². The second-order valence-electron chi connectivity index (χ2n) is 6.78. The molecule has 0 radical (unpaired) electrons. The van der Waals surface area contributed by atoms with Crippen molar-refractivity contribution in [1.29, 1.82) is 0 Å². The monoisotopic (exact) mass is 482 g/mol. The molecule has 0 spiro atoms. The Hall–Kier alpha value is -2.27. The predicted octanol–water partition coefficient (Wildman–Crippen LogP) is 3.88. The van der Waals surface area contributed by atoms with Crippen LogP contribution < -0.4 is 15.2 Å². The summed E-state index contributed by atoms with van der Waals surface area (Å²) < 4.78 is 30.4. The van der Waals surface area contributed by atoms with E-state index in [0.717, 1.165) is 18.4 Å². The summed E-state index contributed by atoms with van der Waals surface area (Å²) in [5, 5.41) is 9.07. The van der Waals surface area contributed by atoms with Gasteiger partial charge in [0.25, 0.3) is 0 Å². The number of imidazole rings is 1. The Balaban J connectivity index is 1.79. The van der Waals surface area contributed by atoms with Gasteiger partial charge in [0.1, 0.15) is 5.75 Å². The van der Waals surface area contributed by atoms with Crippen molar-refractivity contribution in [3.05, 3.63) is 41.4 Å². The Labute approximate surface area is 190 Å². The zero-order chi connectivity index (χ0) is 22.6. The van der Waals surface area contributed by atoms with Crippen LogP contribution in [0, 0.1) is 0 Å². The molecule has 3 N–H and O–H groups in total. The number of anilines is 1. The number of nitrogens with one attached hydrogen (secondary N) is 1. The number of aryl methyl sites for hydroxylation is 1. The molecule has 0 aliphatic heterocycles. The molecule has 1 aromatic heterocycles. The van der Waals surface area contributed by atoms with E-state index in [0.29, 0.717) is 33.7 Å². The molecule has 31 heavy (non-hydrogen) atoms. The van der Waals surface area contributed by atoms with E-state index >= 15 is 0 Å². The molecule has 0 atom stereocenters. The van der Waals surface area contributed by atoms with Crippen LogP contribution in [0.3, 0.4) is 0 Å². The number of carbonyl (C=O) groups excluding carboxylic acids is 1. The van der Waals surface area contributed by atoms with Gasteiger partial charge in [-0.3, -0.25) is 4.79 Å². The first-order valence-corrected chi connectivity index (χ1v) is 12.4. The van der Waals surface area contributed by atoms with Gasteiger partial charge in [-0.1, -0.05) is 36.7 Å². The number of rotatable bonds is 9. The standard InChI is InChI=1S/C20H23ClN4O4S2/c1-3-4-9-25-17-7-6-14(31(22,27)28)11-16(17)24-20(25)30-12-19(26)23-13-5-8-18(29-2)15(21)10-13/h5-8,10-11H,3-4,9,12H2,1-2H3,(H,23,26)(H2,22,27,28). The molecule has 11 heteroatoms. The number of nitrogens with two attached hydrogens (primary N) is 1. The topological polar surface area (TPSA) is 116 Å². The molecule has 2 aromatic carbocycles. The molecule has 1 heterocycles. The predicted molar refractivity (Wildman–Crippen MR) is 123 cm³/mol. The third kappa shape index (κ3) is 5.70. The van der Waals surface area contributed by atoms with E-state index in [9.17, 15) is 13.2 Å². The van der Waals surface area contributed by atoms with Crippen molar-refractivity contribution >= 4 is 56.0 Å². The Morgan fingerprint density at radius 3 is 2.71 bits per heavy atom. The number of hydrogen-bond donors (Lipinski definition) is 2. The highest BCUT2D eigenvalue weighted by atomic mass is 35.5. The maximum Gasteiger partial charge on any atom is 0.238 e. The normalized spacial score (nSPS) is 11.6. The van der Waals surface area contributed by atoms with Gasteiger partial charge in [-0.2, -0.15) is 0 Å². The van der Waals surface area contributed by atoms with Gasteiger partial charge in [-0.25, -0.2) is 18.5 Å². The summed E-state index contributed by atoms with van der Waals surface area (Å²) in [6, 6.07) is 9.62. The van der Waals surface area contributed by atoms with E-state index in [1.807, 2.05) is 4.57 Å². The average molecular weight is 483 g/mol. The molecule has 0 saturated carbocycles. The fraction of sp³-hybridized carbons (Fsp3) is 0.300. The highest BCUT2D eigenvalue weighted by molar-refractivity contribution is 7.99. The first-order valence-electron chi connectivity index (χ1n) is 9.52. The number of amides is 1. The molecular weight excluding hydrogens is 460 g/mol. The second kappa shape index (κ2) is 9.90. The number of fused-ring (bicyclic) bond motifs is 1. The van der Waals surface area contributed by atoms with E-state index in [2.05, 4.69) is 17.2 Å². The summed E-state index contributed by atoms with van der Waals surface area (Å²) in [7, 11) is -2.30. The number of hydrogen-bond acceptors (Lipinski definition) is 6. The molecule has 0 unspecified atom stereocenters. The molecule has 8 nitrogen and oxygen atoms in total. The lowest BCUT2D eigenvalue weighted by atomic mass is 10.3. The molecule has 3 aromatic rings. The maximum atomic E-state index is 12.4. The lowest BCUT2D eigenvalue weighted by Gasteiger charge is -2.09. The van der Waals surface area contributed by atoms with Crippen LogP contribution in [0.2, 0.25) is 5.02 Å². The molecule has 0 aliphatic carbocycles. The number of sulfonamides is 1. The third-order valence-corrected chi connectivity index (χ3v) is 6.70. The van der Waals surface area contributed by atoms with E-state index < -0.39 is 10.0 Å². The lowest BCUT2D eigenvalue weighted by molar-refractivity contribution is -0.113. The molecule has 1 amide bonds. The Morgan fingerprint density at radius 1 is 1.29 bits per heavy atom. The highest BCUT2D eigenvalue weighted by Crippen LogP contribution is 2.29. The van der Waals surface area contributed by atoms with Crippen molar-refractivity contribution in [3.63, 3.8) is 0 Å². The molecule has 0 aliphatic rings. The number of halogens is 1. The van der Waals surface area contributed by atoms with E-state index in [4.69, 9.17) is 21.5 Å². The van der Waals surface area contributed by atoms with E-state index in [1.165, 1.54) is 31.0 Å². The zero-order valence-electron chi connectivity index (χ0n) is 17.1. The first-order chi connectivity index (χ1) is 14.7. The molecule has 0 bridgehead atoms. The first kappa shape index (κ1) is 23.4. The van der Waals surface area contributed by atoms with Crippen molar-refractivity contribution in [1.82, 2.24) is 9.55 Å². The fourth-order valence-corrected chi connectivity index (χ4v) is 4.61. The largest absolute Gasteiger partial charge is 0.495 e. The summed E-state index contributed by atoms with van der Waals surface area (Å²) in [5.41, 5.74) is 1.88. The van der Waals surface area contributed by atoms with Crippen LogP contribution in [0.25, 0.3) is 11.0 Å². The summed E-state index contributed by atoms with van der Waals surface area (Å²) in [5.74, 6) is 0.435. The quantitative estimate of drug-likeness (QED) is 0.447. The van der Waals surface area contributed by atoms with E-state index in [-0.39, 0.29) is 16.6 Å².